The average Bonchev–Trinajstić information content (AvgIpc) is 2.87. The Bertz CT molecular complexity index is 234. The summed E-state index contributed by atoms with van der Waals surface area (Å²) in [4.78, 5) is 23.3. The number of carboxylic acid groups (broad SMARTS) is 1. The molecular weight excluding hydrogens is 182 g/mol. The second kappa shape index (κ2) is 4.44. The molecule has 1 N–H and O–H groups in total. The zero-order valence-corrected chi connectivity index (χ0v) is 8.69. The van der Waals surface area contributed by atoms with Crippen molar-refractivity contribution < 1.29 is 14.7 Å². The summed E-state index contributed by atoms with van der Waals surface area (Å²) >= 11 is 0. The number of hydrogen-bond acceptors (Lipinski definition) is 2. The lowest BCUT2D eigenvalue weighted by Gasteiger charge is -2.20. The first-order valence-corrected chi connectivity index (χ1v) is 5.06. The number of aliphatic carboxylic acids is 1. The summed E-state index contributed by atoms with van der Waals surface area (Å²) < 4.78 is 0. The van der Waals surface area contributed by atoms with E-state index in [0.29, 0.717) is 12.5 Å². The van der Waals surface area contributed by atoms with E-state index in [1.54, 1.807) is 0 Å². The fourth-order valence-electron chi connectivity index (χ4n) is 1.36. The van der Waals surface area contributed by atoms with Crippen LogP contribution in [0.3, 0.4) is 0 Å². The van der Waals surface area contributed by atoms with Gasteiger partial charge in [-0.05, 0) is 25.2 Å². The Kier molecular flexibility index (Phi) is 3.49. The first-order chi connectivity index (χ1) is 6.52. The summed E-state index contributed by atoms with van der Waals surface area (Å²) in [6.45, 7) is 4.71. The van der Waals surface area contributed by atoms with E-state index < -0.39 is 11.9 Å². The van der Waals surface area contributed by atoms with Gasteiger partial charge in [0.2, 0.25) is 0 Å². The molecule has 1 aliphatic rings. The molecule has 1 amide bonds. The van der Waals surface area contributed by atoms with Crippen molar-refractivity contribution in [2.24, 2.45) is 5.92 Å². The van der Waals surface area contributed by atoms with Gasteiger partial charge in [0.15, 0.2) is 0 Å². The van der Waals surface area contributed by atoms with Crippen molar-refractivity contribution in [3.63, 3.8) is 0 Å². The molecule has 0 unspecified atom stereocenters. The average molecular weight is 199 g/mol. The van der Waals surface area contributed by atoms with Gasteiger partial charge in [-0.1, -0.05) is 13.8 Å². The van der Waals surface area contributed by atoms with E-state index in [9.17, 15) is 9.59 Å². The second-order valence-electron chi connectivity index (χ2n) is 4.22. The molecule has 0 atom stereocenters. The molecule has 4 nitrogen and oxygen atoms in total. The maximum absolute atomic E-state index is 11.3. The highest BCUT2D eigenvalue weighted by atomic mass is 16.4. The normalized spacial score (nSPS) is 15.6. The fraction of sp³-hybridized carbons (Fsp3) is 0.800. The van der Waals surface area contributed by atoms with Gasteiger partial charge in [-0.2, -0.15) is 0 Å². The van der Waals surface area contributed by atoms with Crippen molar-refractivity contribution in [2.45, 2.75) is 39.2 Å². The van der Waals surface area contributed by atoms with Crippen LogP contribution in [0.25, 0.3) is 0 Å². The van der Waals surface area contributed by atoms with Crippen LogP contribution >= 0.6 is 0 Å². The van der Waals surface area contributed by atoms with Crippen molar-refractivity contribution in [1.29, 1.82) is 0 Å². The molecular formula is C10H17NO3. The standard InChI is InChI=1S/C10H17NO3/c1-7(2)5-6-11(8-3-4-8)9(12)10(13)14/h7-8H,3-6H2,1-2H3,(H,13,14). The van der Waals surface area contributed by atoms with E-state index in [1.807, 2.05) is 0 Å². The van der Waals surface area contributed by atoms with Crippen LogP contribution < -0.4 is 0 Å². The van der Waals surface area contributed by atoms with Crippen LogP contribution in [0, 0.1) is 5.92 Å². The SMILES string of the molecule is CC(C)CCN(C(=O)C(=O)O)C1CC1. The molecule has 0 aromatic heterocycles. The lowest BCUT2D eigenvalue weighted by Crippen LogP contribution is -2.39. The predicted octanol–water partition coefficient (Wildman–Crippen LogP) is 1.11. The molecule has 1 aliphatic carbocycles. The minimum Gasteiger partial charge on any atom is -0.474 e. The molecule has 0 saturated heterocycles. The predicted molar refractivity (Wildman–Crippen MR) is 51.8 cm³/mol. The van der Waals surface area contributed by atoms with Crippen LogP contribution in [0.15, 0.2) is 0 Å². The van der Waals surface area contributed by atoms with Gasteiger partial charge in [0.05, 0.1) is 0 Å². The van der Waals surface area contributed by atoms with Gasteiger partial charge in [-0.3, -0.25) is 4.79 Å². The number of hydrogen-bond donors (Lipinski definition) is 1. The quantitative estimate of drug-likeness (QED) is 0.690. The number of nitrogens with zero attached hydrogens (tertiary/aromatic N) is 1. The molecule has 0 bridgehead atoms. The van der Waals surface area contributed by atoms with E-state index in [1.165, 1.54) is 4.90 Å². The summed E-state index contributed by atoms with van der Waals surface area (Å²) in [5.41, 5.74) is 0. The molecule has 1 fully saturated rings. The van der Waals surface area contributed by atoms with E-state index in [2.05, 4.69) is 13.8 Å². The van der Waals surface area contributed by atoms with Crippen LogP contribution in [0.1, 0.15) is 33.1 Å². The fourth-order valence-corrected chi connectivity index (χ4v) is 1.36. The molecule has 0 aliphatic heterocycles. The van der Waals surface area contributed by atoms with Gasteiger partial charge >= 0.3 is 11.9 Å². The van der Waals surface area contributed by atoms with Crippen molar-refractivity contribution >= 4 is 11.9 Å². The highest BCUT2D eigenvalue weighted by Crippen LogP contribution is 2.27. The number of carbonyl (C=O) groups excluding carboxylic acids is 1. The Morgan fingerprint density at radius 3 is 2.36 bits per heavy atom. The molecule has 0 radical (unpaired) electrons. The minimum atomic E-state index is -1.33. The largest absolute Gasteiger partial charge is 0.474 e. The Hall–Kier alpha value is -1.06. The molecule has 1 saturated carbocycles. The molecule has 0 aromatic carbocycles. The molecule has 0 aromatic rings. The van der Waals surface area contributed by atoms with Crippen LogP contribution in [0.2, 0.25) is 0 Å². The Morgan fingerprint density at radius 2 is 2.00 bits per heavy atom. The maximum atomic E-state index is 11.3. The Balaban J connectivity index is 2.46. The van der Waals surface area contributed by atoms with E-state index in [0.717, 1.165) is 19.3 Å². The Morgan fingerprint density at radius 1 is 1.43 bits per heavy atom. The second-order valence-corrected chi connectivity index (χ2v) is 4.22. The minimum absolute atomic E-state index is 0.192. The zero-order chi connectivity index (χ0) is 10.7. The van der Waals surface area contributed by atoms with Crippen LogP contribution in [-0.2, 0) is 9.59 Å². The van der Waals surface area contributed by atoms with Crippen LogP contribution in [0.5, 0.6) is 0 Å². The zero-order valence-electron chi connectivity index (χ0n) is 8.69. The Labute approximate surface area is 83.9 Å². The summed E-state index contributed by atoms with van der Waals surface area (Å²) in [6.07, 6.45) is 2.78. The van der Waals surface area contributed by atoms with Crippen LogP contribution in [-0.4, -0.2) is 34.5 Å². The summed E-state index contributed by atoms with van der Waals surface area (Å²) in [5.74, 6) is -1.58. The summed E-state index contributed by atoms with van der Waals surface area (Å²) in [7, 11) is 0. The van der Waals surface area contributed by atoms with Gasteiger partial charge in [0.1, 0.15) is 0 Å². The highest BCUT2D eigenvalue weighted by molar-refractivity contribution is 6.31. The smallest absolute Gasteiger partial charge is 0.394 e. The van der Waals surface area contributed by atoms with E-state index in [-0.39, 0.29) is 6.04 Å². The third kappa shape index (κ3) is 3.01. The number of carbonyl (C=O) groups is 2. The van der Waals surface area contributed by atoms with Crippen molar-refractivity contribution in [2.75, 3.05) is 6.54 Å². The molecule has 0 heterocycles. The topological polar surface area (TPSA) is 57.6 Å². The van der Waals surface area contributed by atoms with Crippen molar-refractivity contribution in [3.05, 3.63) is 0 Å². The monoisotopic (exact) mass is 199 g/mol. The van der Waals surface area contributed by atoms with Gasteiger partial charge < -0.3 is 10.0 Å². The number of amides is 1. The number of rotatable bonds is 4. The number of carboxylic acids is 1. The van der Waals surface area contributed by atoms with Crippen LogP contribution in [0.4, 0.5) is 0 Å². The highest BCUT2D eigenvalue weighted by Gasteiger charge is 2.34. The van der Waals surface area contributed by atoms with E-state index in [4.69, 9.17) is 5.11 Å². The van der Waals surface area contributed by atoms with Gasteiger partial charge in [0.25, 0.3) is 0 Å². The van der Waals surface area contributed by atoms with Crippen molar-refractivity contribution in [3.8, 4) is 0 Å². The molecule has 4 heteroatoms. The maximum Gasteiger partial charge on any atom is 0.394 e. The van der Waals surface area contributed by atoms with Gasteiger partial charge in [-0.15, -0.1) is 0 Å². The molecule has 0 spiro atoms. The molecule has 14 heavy (non-hydrogen) atoms. The third-order valence-electron chi connectivity index (χ3n) is 2.38. The lowest BCUT2D eigenvalue weighted by atomic mass is 10.1. The van der Waals surface area contributed by atoms with Gasteiger partial charge in [0, 0.05) is 12.6 Å². The lowest BCUT2D eigenvalue weighted by molar-refractivity contribution is -0.156. The summed E-state index contributed by atoms with van der Waals surface area (Å²) in [6, 6.07) is 0.192. The van der Waals surface area contributed by atoms with E-state index >= 15 is 0 Å². The molecule has 1 rings (SSSR count). The third-order valence-corrected chi connectivity index (χ3v) is 2.38. The summed E-state index contributed by atoms with van der Waals surface area (Å²) in [5, 5.41) is 8.60. The van der Waals surface area contributed by atoms with Crippen molar-refractivity contribution in [1.82, 2.24) is 4.90 Å². The van der Waals surface area contributed by atoms with Gasteiger partial charge in [-0.25, -0.2) is 4.79 Å². The molecule has 80 valence electrons. The first kappa shape index (κ1) is 11.0. The first-order valence-electron chi connectivity index (χ1n) is 5.06.